The molecule has 0 aromatic heterocycles. The molecule has 0 saturated carbocycles. The topological polar surface area (TPSA) is 65.0 Å². The number of rotatable bonds is 2. The van der Waals surface area contributed by atoms with Gasteiger partial charge in [-0.1, -0.05) is 0 Å². The minimum absolute atomic E-state index is 0.00639. The lowest BCUT2D eigenvalue weighted by atomic mass is 10.2. The molecule has 5 nitrogen and oxygen atoms in total. The van der Waals surface area contributed by atoms with Crippen molar-refractivity contribution in [1.29, 1.82) is 0 Å². The van der Waals surface area contributed by atoms with Crippen LogP contribution in [0.5, 0.6) is 0 Å². The van der Waals surface area contributed by atoms with Crippen molar-refractivity contribution in [1.82, 2.24) is 0 Å². The Kier molecular flexibility index (Phi) is 3.27. The quantitative estimate of drug-likeness (QED) is 0.608. The zero-order valence-corrected chi connectivity index (χ0v) is 7.52. The van der Waals surface area contributed by atoms with E-state index in [1.54, 1.807) is 0 Å². The zero-order valence-electron chi connectivity index (χ0n) is 7.52. The molecule has 0 fully saturated rings. The summed E-state index contributed by atoms with van der Waals surface area (Å²) in [4.78, 5) is 11.0. The van der Waals surface area contributed by atoms with E-state index in [0.717, 1.165) is 0 Å². The van der Waals surface area contributed by atoms with Crippen molar-refractivity contribution in [2.45, 2.75) is 18.8 Å². The summed E-state index contributed by atoms with van der Waals surface area (Å²) in [6.07, 6.45) is 0.306. The molecule has 0 amide bonds. The number of aliphatic hydroxyl groups is 1. The molecule has 0 aromatic carbocycles. The summed E-state index contributed by atoms with van der Waals surface area (Å²) < 4.78 is 14.4. The molecule has 1 rings (SSSR count). The molecule has 1 N–H and O–H groups in total. The van der Waals surface area contributed by atoms with Crippen LogP contribution in [-0.2, 0) is 19.0 Å². The fourth-order valence-electron chi connectivity index (χ4n) is 1.03. The van der Waals surface area contributed by atoms with Crippen molar-refractivity contribution >= 4 is 5.97 Å². The van der Waals surface area contributed by atoms with Gasteiger partial charge in [-0.3, -0.25) is 0 Å². The lowest BCUT2D eigenvalue weighted by molar-refractivity contribution is -0.157. The number of carbonyl (C=O) groups excluding carboxylic acids is 1. The van der Waals surface area contributed by atoms with Gasteiger partial charge >= 0.3 is 5.97 Å². The second kappa shape index (κ2) is 4.25. The van der Waals surface area contributed by atoms with E-state index >= 15 is 0 Å². The van der Waals surface area contributed by atoms with E-state index in [0.29, 0.717) is 6.42 Å². The first-order chi connectivity index (χ1) is 6.17. The molecule has 0 aliphatic carbocycles. The average Bonchev–Trinajstić information content (AvgIpc) is 2.15. The van der Waals surface area contributed by atoms with Crippen LogP contribution in [0.1, 0.15) is 6.42 Å². The van der Waals surface area contributed by atoms with E-state index in [1.807, 2.05) is 0 Å². The van der Waals surface area contributed by atoms with Crippen molar-refractivity contribution in [3.05, 3.63) is 11.8 Å². The maximum absolute atomic E-state index is 11.0. The summed E-state index contributed by atoms with van der Waals surface area (Å²) in [7, 11) is 2.69. The number of ether oxygens (including phenoxy) is 3. The number of carbonyl (C=O) groups is 1. The molecule has 0 bridgehead atoms. The Labute approximate surface area is 75.9 Å². The van der Waals surface area contributed by atoms with Crippen LogP contribution < -0.4 is 0 Å². The van der Waals surface area contributed by atoms with Gasteiger partial charge in [0.25, 0.3) is 0 Å². The third-order valence-electron chi connectivity index (χ3n) is 1.69. The van der Waals surface area contributed by atoms with E-state index in [4.69, 9.17) is 9.47 Å². The summed E-state index contributed by atoms with van der Waals surface area (Å²) in [5.41, 5.74) is 0. The van der Waals surface area contributed by atoms with Crippen LogP contribution in [0, 0.1) is 0 Å². The monoisotopic (exact) mass is 188 g/mol. The third kappa shape index (κ3) is 2.43. The lowest BCUT2D eigenvalue weighted by Crippen LogP contribution is -2.29. The van der Waals surface area contributed by atoms with Crippen molar-refractivity contribution in [3.8, 4) is 0 Å². The number of aliphatic hydroxyl groups excluding tert-OH is 1. The highest BCUT2D eigenvalue weighted by Gasteiger charge is 2.26. The Morgan fingerprint density at radius 1 is 1.69 bits per heavy atom. The first kappa shape index (κ1) is 10.0. The molecule has 0 saturated heterocycles. The maximum Gasteiger partial charge on any atom is 0.373 e. The largest absolute Gasteiger partial charge is 0.463 e. The van der Waals surface area contributed by atoms with Gasteiger partial charge < -0.3 is 19.3 Å². The zero-order chi connectivity index (χ0) is 9.84. The molecule has 2 unspecified atom stereocenters. The average molecular weight is 188 g/mol. The summed E-state index contributed by atoms with van der Waals surface area (Å²) >= 11 is 0. The molecular weight excluding hydrogens is 176 g/mol. The Hall–Kier alpha value is -1.07. The fourth-order valence-corrected chi connectivity index (χ4v) is 1.03. The summed E-state index contributed by atoms with van der Waals surface area (Å²) in [6, 6.07) is 0. The van der Waals surface area contributed by atoms with Gasteiger partial charge in [-0.15, -0.1) is 0 Å². The predicted octanol–water partition coefficient (Wildman–Crippen LogP) is -0.203. The van der Waals surface area contributed by atoms with Crippen LogP contribution in [-0.4, -0.2) is 37.7 Å². The van der Waals surface area contributed by atoms with Gasteiger partial charge in [0.2, 0.25) is 12.0 Å². The van der Waals surface area contributed by atoms with Gasteiger partial charge in [-0.05, 0) is 6.08 Å². The van der Waals surface area contributed by atoms with Crippen molar-refractivity contribution < 1.29 is 24.1 Å². The fraction of sp³-hybridized carbons (Fsp3) is 0.625. The van der Waals surface area contributed by atoms with Crippen LogP contribution in [0.15, 0.2) is 11.8 Å². The highest BCUT2D eigenvalue weighted by molar-refractivity contribution is 5.86. The van der Waals surface area contributed by atoms with Crippen molar-refractivity contribution in [3.63, 3.8) is 0 Å². The molecule has 0 spiro atoms. The highest BCUT2D eigenvalue weighted by Crippen LogP contribution is 2.18. The lowest BCUT2D eigenvalue weighted by Gasteiger charge is -2.24. The standard InChI is InChI=1S/C8H12O5/c1-11-7-4-5(9)3-6(13-7)8(10)12-2/h3,5,7,9H,4H2,1-2H3. The second-order valence-corrected chi connectivity index (χ2v) is 2.61. The van der Waals surface area contributed by atoms with E-state index in [9.17, 15) is 9.90 Å². The summed E-state index contributed by atoms with van der Waals surface area (Å²) in [6.45, 7) is 0. The van der Waals surface area contributed by atoms with Gasteiger partial charge in [0.1, 0.15) is 0 Å². The smallest absolute Gasteiger partial charge is 0.373 e. The first-order valence-corrected chi connectivity index (χ1v) is 3.85. The molecule has 1 heterocycles. The highest BCUT2D eigenvalue weighted by atomic mass is 16.7. The Morgan fingerprint density at radius 3 is 2.92 bits per heavy atom. The van der Waals surface area contributed by atoms with Gasteiger partial charge in [0, 0.05) is 13.5 Å². The Balaban J connectivity index is 2.68. The molecule has 2 atom stereocenters. The molecular formula is C8H12O5. The van der Waals surface area contributed by atoms with Gasteiger partial charge in [-0.25, -0.2) is 4.79 Å². The SMILES string of the molecule is COC(=O)C1=CC(O)CC(OC)O1. The third-order valence-corrected chi connectivity index (χ3v) is 1.69. The molecule has 5 heteroatoms. The number of esters is 1. The number of hydrogen-bond acceptors (Lipinski definition) is 5. The van der Waals surface area contributed by atoms with Crippen molar-refractivity contribution in [2.75, 3.05) is 14.2 Å². The van der Waals surface area contributed by atoms with Crippen molar-refractivity contribution in [2.24, 2.45) is 0 Å². The molecule has 13 heavy (non-hydrogen) atoms. The minimum Gasteiger partial charge on any atom is -0.463 e. The maximum atomic E-state index is 11.0. The molecule has 1 aliphatic rings. The van der Waals surface area contributed by atoms with Crippen LogP contribution in [0.25, 0.3) is 0 Å². The summed E-state index contributed by atoms with van der Waals surface area (Å²) in [5.74, 6) is -0.617. The molecule has 1 aliphatic heterocycles. The van der Waals surface area contributed by atoms with E-state index in [-0.39, 0.29) is 5.76 Å². The normalized spacial score (nSPS) is 27.5. The molecule has 0 aromatic rings. The van der Waals surface area contributed by atoms with E-state index < -0.39 is 18.4 Å². The van der Waals surface area contributed by atoms with Crippen LogP contribution in [0.3, 0.4) is 0 Å². The molecule has 0 radical (unpaired) electrons. The second-order valence-electron chi connectivity index (χ2n) is 2.61. The number of methoxy groups -OCH3 is 2. The van der Waals surface area contributed by atoms with E-state index in [1.165, 1.54) is 20.3 Å². The summed E-state index contributed by atoms with van der Waals surface area (Å²) in [5, 5.41) is 9.28. The minimum atomic E-state index is -0.729. The van der Waals surface area contributed by atoms with Gasteiger partial charge in [0.05, 0.1) is 13.2 Å². The predicted molar refractivity (Wildman–Crippen MR) is 42.6 cm³/mol. The van der Waals surface area contributed by atoms with Crippen LogP contribution >= 0.6 is 0 Å². The van der Waals surface area contributed by atoms with Crippen LogP contribution in [0.2, 0.25) is 0 Å². The molecule has 74 valence electrons. The van der Waals surface area contributed by atoms with Crippen LogP contribution in [0.4, 0.5) is 0 Å². The van der Waals surface area contributed by atoms with Gasteiger partial charge in [-0.2, -0.15) is 0 Å². The Morgan fingerprint density at radius 2 is 2.38 bits per heavy atom. The number of hydrogen-bond donors (Lipinski definition) is 1. The van der Waals surface area contributed by atoms with Gasteiger partial charge in [0.15, 0.2) is 0 Å². The first-order valence-electron chi connectivity index (χ1n) is 3.85. The van der Waals surface area contributed by atoms with E-state index in [2.05, 4.69) is 4.74 Å². The Bertz CT molecular complexity index is 223.